The maximum Gasteiger partial charge on any atom is 0.258 e. The SMILES string of the molecule is COc1ccc(N(Cc2cccs2)C(=O)c2ccc3c(c2)OCCCO3)cc1. The number of fused-ring (bicyclic) bond motifs is 1. The molecule has 0 unspecified atom stereocenters. The second-order valence-electron chi connectivity index (χ2n) is 6.38. The number of nitrogens with zero attached hydrogens (tertiary/aromatic N) is 1. The molecule has 0 atom stereocenters. The van der Waals surface area contributed by atoms with Gasteiger partial charge in [0.25, 0.3) is 5.91 Å². The molecule has 28 heavy (non-hydrogen) atoms. The summed E-state index contributed by atoms with van der Waals surface area (Å²) in [6, 6.07) is 16.9. The van der Waals surface area contributed by atoms with E-state index >= 15 is 0 Å². The molecule has 0 saturated carbocycles. The minimum Gasteiger partial charge on any atom is -0.497 e. The minimum absolute atomic E-state index is 0.0887. The lowest BCUT2D eigenvalue weighted by Gasteiger charge is -2.23. The standard InChI is InChI=1S/C22H21NO4S/c1-25-18-8-6-17(7-9-18)23(15-19-4-2-13-28-19)22(24)16-5-10-20-21(14-16)27-12-3-11-26-20/h2,4-10,13-14H,3,11-12,15H2,1H3. The summed E-state index contributed by atoms with van der Waals surface area (Å²) in [6.45, 7) is 1.70. The average Bonchev–Trinajstić information content (AvgIpc) is 3.14. The van der Waals surface area contributed by atoms with Crippen molar-refractivity contribution in [3.8, 4) is 17.2 Å². The van der Waals surface area contributed by atoms with Crippen LogP contribution in [0.3, 0.4) is 0 Å². The highest BCUT2D eigenvalue weighted by Crippen LogP contribution is 2.32. The second-order valence-corrected chi connectivity index (χ2v) is 7.41. The monoisotopic (exact) mass is 395 g/mol. The number of methoxy groups -OCH3 is 1. The lowest BCUT2D eigenvalue weighted by molar-refractivity contribution is 0.0985. The Kier molecular flexibility index (Phi) is 5.48. The Morgan fingerprint density at radius 3 is 2.57 bits per heavy atom. The predicted octanol–water partition coefficient (Wildman–Crippen LogP) is 4.77. The maximum absolute atomic E-state index is 13.4. The summed E-state index contributed by atoms with van der Waals surface area (Å²) in [5.74, 6) is 1.97. The average molecular weight is 395 g/mol. The first kappa shape index (κ1) is 18.4. The second kappa shape index (κ2) is 8.35. The van der Waals surface area contributed by atoms with E-state index in [1.54, 1.807) is 35.5 Å². The van der Waals surface area contributed by atoms with Crippen LogP contribution in [0, 0.1) is 0 Å². The van der Waals surface area contributed by atoms with Crippen molar-refractivity contribution >= 4 is 22.9 Å². The molecule has 0 fully saturated rings. The zero-order chi connectivity index (χ0) is 19.3. The Bertz CT molecular complexity index is 938. The summed E-state index contributed by atoms with van der Waals surface area (Å²) < 4.78 is 16.7. The zero-order valence-electron chi connectivity index (χ0n) is 15.6. The van der Waals surface area contributed by atoms with Crippen molar-refractivity contribution in [2.24, 2.45) is 0 Å². The quantitative estimate of drug-likeness (QED) is 0.625. The van der Waals surface area contributed by atoms with Crippen molar-refractivity contribution in [2.75, 3.05) is 25.2 Å². The molecule has 0 bridgehead atoms. The van der Waals surface area contributed by atoms with Crippen molar-refractivity contribution in [2.45, 2.75) is 13.0 Å². The van der Waals surface area contributed by atoms with E-state index in [0.717, 1.165) is 22.7 Å². The van der Waals surface area contributed by atoms with Gasteiger partial charge in [0.15, 0.2) is 11.5 Å². The molecular weight excluding hydrogens is 374 g/mol. The van der Waals surface area contributed by atoms with Gasteiger partial charge >= 0.3 is 0 Å². The lowest BCUT2D eigenvalue weighted by atomic mass is 10.1. The van der Waals surface area contributed by atoms with Crippen LogP contribution in [0.1, 0.15) is 21.7 Å². The fourth-order valence-corrected chi connectivity index (χ4v) is 3.75. The van der Waals surface area contributed by atoms with Gasteiger partial charge in [0, 0.05) is 22.5 Å². The van der Waals surface area contributed by atoms with Gasteiger partial charge in [-0.2, -0.15) is 0 Å². The third-order valence-electron chi connectivity index (χ3n) is 4.52. The molecular formula is C22H21NO4S. The van der Waals surface area contributed by atoms with Crippen LogP contribution in [0.25, 0.3) is 0 Å². The molecule has 1 aliphatic heterocycles. The highest BCUT2D eigenvalue weighted by molar-refractivity contribution is 7.09. The van der Waals surface area contributed by atoms with Gasteiger partial charge in [-0.05, 0) is 53.9 Å². The number of anilines is 1. The molecule has 0 saturated heterocycles. The lowest BCUT2D eigenvalue weighted by Crippen LogP contribution is -2.30. The van der Waals surface area contributed by atoms with Crippen molar-refractivity contribution in [3.63, 3.8) is 0 Å². The summed E-state index contributed by atoms with van der Waals surface area (Å²) in [5.41, 5.74) is 1.38. The van der Waals surface area contributed by atoms with E-state index in [0.29, 0.717) is 36.8 Å². The van der Waals surface area contributed by atoms with Crippen LogP contribution >= 0.6 is 11.3 Å². The topological polar surface area (TPSA) is 48.0 Å². The molecule has 2 heterocycles. The van der Waals surface area contributed by atoms with Gasteiger partial charge in [0.05, 0.1) is 26.9 Å². The number of benzene rings is 2. The van der Waals surface area contributed by atoms with Gasteiger partial charge in [-0.1, -0.05) is 6.07 Å². The van der Waals surface area contributed by atoms with Crippen molar-refractivity contribution in [3.05, 3.63) is 70.4 Å². The number of rotatable bonds is 5. The number of ether oxygens (including phenoxy) is 3. The first-order valence-corrected chi connectivity index (χ1v) is 10.0. The van der Waals surface area contributed by atoms with Crippen molar-refractivity contribution in [1.29, 1.82) is 0 Å². The number of carbonyl (C=O) groups excluding carboxylic acids is 1. The Labute approximate surface area is 168 Å². The minimum atomic E-state index is -0.0887. The third kappa shape index (κ3) is 3.97. The molecule has 0 aliphatic carbocycles. The molecule has 6 heteroatoms. The van der Waals surface area contributed by atoms with Gasteiger partial charge in [0.1, 0.15) is 5.75 Å². The van der Waals surface area contributed by atoms with E-state index in [9.17, 15) is 4.79 Å². The van der Waals surface area contributed by atoms with E-state index < -0.39 is 0 Å². The van der Waals surface area contributed by atoms with Crippen molar-refractivity contribution < 1.29 is 19.0 Å². The molecule has 1 aromatic heterocycles. The van der Waals surface area contributed by atoms with E-state index in [4.69, 9.17) is 14.2 Å². The number of hydrogen-bond acceptors (Lipinski definition) is 5. The summed E-state index contributed by atoms with van der Waals surface area (Å²) in [5, 5.41) is 2.01. The van der Waals surface area contributed by atoms with Crippen LogP contribution in [0.15, 0.2) is 60.0 Å². The van der Waals surface area contributed by atoms with Crippen LogP contribution in [-0.2, 0) is 6.54 Å². The summed E-state index contributed by atoms with van der Waals surface area (Å²) in [7, 11) is 1.63. The zero-order valence-corrected chi connectivity index (χ0v) is 16.4. The molecule has 1 amide bonds. The Hall–Kier alpha value is -2.99. The van der Waals surface area contributed by atoms with E-state index in [1.165, 1.54) is 0 Å². The highest BCUT2D eigenvalue weighted by atomic mass is 32.1. The smallest absolute Gasteiger partial charge is 0.258 e. The molecule has 144 valence electrons. The van der Waals surface area contributed by atoms with Crippen LogP contribution in [0.2, 0.25) is 0 Å². The number of thiophene rings is 1. The van der Waals surface area contributed by atoms with Gasteiger partial charge in [-0.3, -0.25) is 4.79 Å². The molecule has 0 radical (unpaired) electrons. The number of carbonyl (C=O) groups is 1. The van der Waals surface area contributed by atoms with Gasteiger partial charge in [0.2, 0.25) is 0 Å². The van der Waals surface area contributed by atoms with E-state index in [1.807, 2.05) is 47.8 Å². The summed E-state index contributed by atoms with van der Waals surface area (Å²) in [6.07, 6.45) is 0.828. The summed E-state index contributed by atoms with van der Waals surface area (Å²) in [4.78, 5) is 16.3. The normalized spacial score (nSPS) is 12.9. The van der Waals surface area contributed by atoms with Crippen LogP contribution in [0.5, 0.6) is 17.2 Å². The largest absolute Gasteiger partial charge is 0.497 e. The Balaban J connectivity index is 1.66. The first-order valence-electron chi connectivity index (χ1n) is 9.12. The molecule has 5 nitrogen and oxygen atoms in total. The molecule has 4 rings (SSSR count). The fourth-order valence-electron chi connectivity index (χ4n) is 3.05. The fraction of sp³-hybridized carbons (Fsp3) is 0.227. The molecule has 2 aromatic carbocycles. The van der Waals surface area contributed by atoms with Gasteiger partial charge < -0.3 is 19.1 Å². The highest BCUT2D eigenvalue weighted by Gasteiger charge is 2.21. The Morgan fingerprint density at radius 2 is 1.86 bits per heavy atom. The third-order valence-corrected chi connectivity index (χ3v) is 5.38. The van der Waals surface area contributed by atoms with Crippen LogP contribution in [-0.4, -0.2) is 26.2 Å². The molecule has 1 aliphatic rings. The maximum atomic E-state index is 13.4. The van der Waals surface area contributed by atoms with E-state index in [2.05, 4.69) is 0 Å². The first-order chi connectivity index (χ1) is 13.7. The number of amides is 1. The van der Waals surface area contributed by atoms with Gasteiger partial charge in [-0.15, -0.1) is 11.3 Å². The van der Waals surface area contributed by atoms with Crippen LogP contribution in [0.4, 0.5) is 5.69 Å². The number of hydrogen-bond donors (Lipinski definition) is 0. The Morgan fingerprint density at radius 1 is 1.07 bits per heavy atom. The van der Waals surface area contributed by atoms with Crippen molar-refractivity contribution in [1.82, 2.24) is 0 Å². The molecule has 0 N–H and O–H groups in total. The van der Waals surface area contributed by atoms with E-state index in [-0.39, 0.29) is 5.91 Å². The van der Waals surface area contributed by atoms with Crippen LogP contribution < -0.4 is 19.1 Å². The summed E-state index contributed by atoms with van der Waals surface area (Å²) >= 11 is 1.63. The molecule has 3 aromatic rings. The predicted molar refractivity (Wildman–Crippen MR) is 110 cm³/mol. The van der Waals surface area contributed by atoms with Gasteiger partial charge in [-0.25, -0.2) is 0 Å². The molecule has 0 spiro atoms.